The molecular formula is C22H29N5O4. The van der Waals surface area contributed by atoms with Crippen LogP contribution in [-0.4, -0.2) is 77.9 Å². The average Bonchev–Trinajstić information content (AvgIpc) is 3.39. The zero-order valence-corrected chi connectivity index (χ0v) is 17.7. The van der Waals surface area contributed by atoms with E-state index < -0.39 is 0 Å². The lowest BCUT2D eigenvalue weighted by molar-refractivity contribution is -0.384. The molecule has 2 atom stereocenters. The molecule has 4 aliphatic rings. The van der Waals surface area contributed by atoms with Crippen LogP contribution in [0.2, 0.25) is 0 Å². The van der Waals surface area contributed by atoms with Crippen molar-refractivity contribution in [3.63, 3.8) is 0 Å². The molecule has 3 heterocycles. The van der Waals surface area contributed by atoms with Gasteiger partial charge in [0.1, 0.15) is 0 Å². The molecule has 166 valence electrons. The summed E-state index contributed by atoms with van der Waals surface area (Å²) in [5.74, 6) is -0.0704. The van der Waals surface area contributed by atoms with Crippen molar-refractivity contribution in [3.05, 3.63) is 33.9 Å². The maximum atomic E-state index is 13.1. The van der Waals surface area contributed by atoms with Gasteiger partial charge in [-0.05, 0) is 43.7 Å². The van der Waals surface area contributed by atoms with Gasteiger partial charge in [-0.15, -0.1) is 0 Å². The highest BCUT2D eigenvalue weighted by atomic mass is 16.6. The van der Waals surface area contributed by atoms with Crippen molar-refractivity contribution in [2.24, 2.45) is 5.92 Å². The number of nitro groups is 1. The predicted molar refractivity (Wildman–Crippen MR) is 115 cm³/mol. The first-order chi connectivity index (χ1) is 15.0. The Bertz CT molecular complexity index is 896. The number of amides is 2. The van der Waals surface area contributed by atoms with Crippen LogP contribution in [0.1, 0.15) is 31.2 Å². The molecule has 1 aromatic rings. The molecule has 5 rings (SSSR count). The van der Waals surface area contributed by atoms with Gasteiger partial charge in [0, 0.05) is 56.6 Å². The molecule has 1 saturated carbocycles. The number of hydrogen-bond acceptors (Lipinski definition) is 6. The van der Waals surface area contributed by atoms with Gasteiger partial charge in [0.15, 0.2) is 0 Å². The van der Waals surface area contributed by atoms with E-state index >= 15 is 0 Å². The largest absolute Gasteiger partial charge is 0.365 e. The van der Waals surface area contributed by atoms with Crippen LogP contribution in [0.3, 0.4) is 0 Å². The smallest absolute Gasteiger partial charge is 0.269 e. The van der Waals surface area contributed by atoms with Crippen molar-refractivity contribution in [2.45, 2.75) is 44.2 Å². The van der Waals surface area contributed by atoms with E-state index in [0.717, 1.165) is 56.6 Å². The summed E-state index contributed by atoms with van der Waals surface area (Å²) in [5, 5.41) is 14.4. The molecule has 9 heteroatoms. The van der Waals surface area contributed by atoms with Crippen molar-refractivity contribution in [2.75, 3.05) is 44.2 Å². The zero-order chi connectivity index (χ0) is 21.5. The lowest BCUT2D eigenvalue weighted by Crippen LogP contribution is -2.62. The Balaban J connectivity index is 1.37. The van der Waals surface area contributed by atoms with E-state index in [4.69, 9.17) is 0 Å². The number of hydrogen-bond donors (Lipinski definition) is 1. The molecule has 1 aromatic carbocycles. The normalized spacial score (nSPS) is 25.7. The number of piperazine rings is 1. The SMILES string of the molecule is O=C(NC1CC1)[C@@H]1Cc2cc([N+](=O)[O-])ccc2N2CCN(CC(=O)N3CCCC3)C[C@H]12. The molecule has 1 aliphatic carbocycles. The Morgan fingerprint density at radius 3 is 2.61 bits per heavy atom. The fraction of sp³-hybridized carbons (Fsp3) is 0.636. The summed E-state index contributed by atoms with van der Waals surface area (Å²) in [4.78, 5) is 43.0. The maximum absolute atomic E-state index is 13.1. The number of rotatable bonds is 5. The number of nitrogens with one attached hydrogen (secondary N) is 1. The summed E-state index contributed by atoms with van der Waals surface area (Å²) in [6.07, 6.45) is 4.68. The van der Waals surface area contributed by atoms with E-state index in [-0.39, 0.29) is 40.4 Å². The van der Waals surface area contributed by atoms with Gasteiger partial charge in [-0.2, -0.15) is 0 Å². The highest BCUT2D eigenvalue weighted by Crippen LogP contribution is 2.38. The molecule has 9 nitrogen and oxygen atoms in total. The van der Waals surface area contributed by atoms with Crippen LogP contribution in [0, 0.1) is 16.0 Å². The van der Waals surface area contributed by atoms with Gasteiger partial charge in [0.25, 0.3) is 5.69 Å². The van der Waals surface area contributed by atoms with Crippen LogP contribution in [0.25, 0.3) is 0 Å². The molecule has 0 unspecified atom stereocenters. The Morgan fingerprint density at radius 2 is 1.90 bits per heavy atom. The van der Waals surface area contributed by atoms with Crippen LogP contribution in [0.4, 0.5) is 11.4 Å². The number of nitrogens with zero attached hydrogens (tertiary/aromatic N) is 4. The second kappa shape index (κ2) is 8.11. The van der Waals surface area contributed by atoms with Gasteiger partial charge in [0.2, 0.25) is 11.8 Å². The van der Waals surface area contributed by atoms with Crippen LogP contribution >= 0.6 is 0 Å². The second-order valence-electron chi connectivity index (χ2n) is 9.25. The standard InChI is InChI=1S/C22H29N5O4/c28-21(25-7-1-2-8-25)14-24-9-10-26-19-6-5-17(27(30)31)11-15(19)12-18(20(26)13-24)22(29)23-16-3-4-16/h5-6,11,16,18,20H,1-4,7-10,12-14H2,(H,23,29)/t18-,20-/m1/s1. The summed E-state index contributed by atoms with van der Waals surface area (Å²) in [6, 6.07) is 5.22. The third-order valence-electron chi connectivity index (χ3n) is 7.07. The quantitative estimate of drug-likeness (QED) is 0.559. The number of likely N-dealkylation sites (tertiary alicyclic amines) is 1. The summed E-state index contributed by atoms with van der Waals surface area (Å²) < 4.78 is 0. The molecule has 2 amide bonds. The van der Waals surface area contributed by atoms with E-state index in [0.29, 0.717) is 26.1 Å². The molecule has 2 saturated heterocycles. The first-order valence-electron chi connectivity index (χ1n) is 11.3. The first-order valence-corrected chi connectivity index (χ1v) is 11.3. The minimum absolute atomic E-state index is 0.0300. The molecule has 0 bridgehead atoms. The van der Waals surface area contributed by atoms with Crippen molar-refractivity contribution in [3.8, 4) is 0 Å². The minimum Gasteiger partial charge on any atom is -0.365 e. The number of fused-ring (bicyclic) bond motifs is 3. The average molecular weight is 428 g/mol. The Hall–Kier alpha value is -2.68. The number of nitro benzene ring substituents is 1. The Kier molecular flexibility index (Phi) is 5.29. The van der Waals surface area contributed by atoms with E-state index in [1.165, 1.54) is 0 Å². The van der Waals surface area contributed by atoms with Crippen LogP contribution < -0.4 is 10.2 Å². The molecule has 0 radical (unpaired) electrons. The van der Waals surface area contributed by atoms with Crippen molar-refractivity contribution >= 4 is 23.2 Å². The fourth-order valence-electron chi connectivity index (χ4n) is 5.22. The van der Waals surface area contributed by atoms with E-state index in [1.807, 2.05) is 11.0 Å². The molecule has 0 aromatic heterocycles. The van der Waals surface area contributed by atoms with Gasteiger partial charge >= 0.3 is 0 Å². The Morgan fingerprint density at radius 1 is 1.13 bits per heavy atom. The van der Waals surface area contributed by atoms with Crippen molar-refractivity contribution in [1.82, 2.24) is 15.1 Å². The fourth-order valence-corrected chi connectivity index (χ4v) is 5.22. The molecule has 1 N–H and O–H groups in total. The van der Waals surface area contributed by atoms with Gasteiger partial charge in [-0.1, -0.05) is 0 Å². The monoisotopic (exact) mass is 427 g/mol. The minimum atomic E-state index is -0.381. The van der Waals surface area contributed by atoms with Crippen molar-refractivity contribution < 1.29 is 14.5 Å². The highest BCUT2D eigenvalue weighted by molar-refractivity contribution is 5.83. The summed E-state index contributed by atoms with van der Waals surface area (Å²) in [7, 11) is 0. The van der Waals surface area contributed by atoms with Gasteiger partial charge in [-0.3, -0.25) is 24.6 Å². The first kappa shape index (κ1) is 20.2. The number of carbonyl (C=O) groups excluding carboxylic acids is 2. The zero-order valence-electron chi connectivity index (χ0n) is 17.7. The van der Waals surface area contributed by atoms with Gasteiger partial charge in [0.05, 0.1) is 23.4 Å². The molecular weight excluding hydrogens is 398 g/mol. The highest BCUT2D eigenvalue weighted by Gasteiger charge is 2.43. The van der Waals surface area contributed by atoms with E-state index in [9.17, 15) is 19.7 Å². The lowest BCUT2D eigenvalue weighted by atomic mass is 9.83. The van der Waals surface area contributed by atoms with E-state index in [2.05, 4.69) is 15.1 Å². The Labute approximate surface area is 181 Å². The molecule has 3 aliphatic heterocycles. The second-order valence-corrected chi connectivity index (χ2v) is 9.25. The third-order valence-corrected chi connectivity index (χ3v) is 7.07. The number of non-ortho nitro benzene ring substituents is 1. The number of benzene rings is 1. The lowest BCUT2D eigenvalue weighted by Gasteiger charge is -2.49. The topological polar surface area (TPSA) is 99.0 Å². The van der Waals surface area contributed by atoms with Crippen LogP contribution in [-0.2, 0) is 16.0 Å². The number of carbonyl (C=O) groups is 2. The van der Waals surface area contributed by atoms with Gasteiger partial charge < -0.3 is 15.1 Å². The molecule has 0 spiro atoms. The van der Waals surface area contributed by atoms with E-state index in [1.54, 1.807) is 12.1 Å². The number of anilines is 1. The molecule has 31 heavy (non-hydrogen) atoms. The summed E-state index contributed by atoms with van der Waals surface area (Å²) >= 11 is 0. The predicted octanol–water partition coefficient (Wildman–Crippen LogP) is 1.16. The van der Waals surface area contributed by atoms with Crippen LogP contribution in [0.15, 0.2) is 18.2 Å². The van der Waals surface area contributed by atoms with Crippen molar-refractivity contribution in [1.29, 1.82) is 0 Å². The summed E-state index contributed by atoms with van der Waals surface area (Å²) in [6.45, 7) is 4.19. The molecule has 3 fully saturated rings. The van der Waals surface area contributed by atoms with Gasteiger partial charge in [-0.25, -0.2) is 0 Å². The van der Waals surface area contributed by atoms with Crippen LogP contribution in [0.5, 0.6) is 0 Å². The maximum Gasteiger partial charge on any atom is 0.269 e. The summed E-state index contributed by atoms with van der Waals surface area (Å²) in [5.41, 5.74) is 1.91. The third kappa shape index (κ3) is 4.11.